The van der Waals surface area contributed by atoms with E-state index in [1.165, 1.54) is 18.9 Å². The van der Waals surface area contributed by atoms with Gasteiger partial charge in [-0.3, -0.25) is 0 Å². The molecule has 2 rings (SSSR count). The van der Waals surface area contributed by atoms with Crippen LogP contribution in [0.3, 0.4) is 0 Å². The lowest BCUT2D eigenvalue weighted by Crippen LogP contribution is -2.54. The smallest absolute Gasteiger partial charge is 0.127 e. The second-order valence-corrected chi connectivity index (χ2v) is 7.28. The fourth-order valence-corrected chi connectivity index (χ4v) is 3.84. The van der Waals surface area contributed by atoms with E-state index < -0.39 is 6.10 Å². The van der Waals surface area contributed by atoms with Gasteiger partial charge in [-0.2, -0.15) is 0 Å². The minimum absolute atomic E-state index is 0.226. The average molecular weight is 358 g/mol. The highest BCUT2D eigenvalue weighted by molar-refractivity contribution is 9.10. The summed E-state index contributed by atoms with van der Waals surface area (Å²) >= 11 is 3.27. The van der Waals surface area contributed by atoms with Crippen LogP contribution in [0.1, 0.15) is 44.1 Å². The Hall–Kier alpha value is -0.450. The summed E-state index contributed by atoms with van der Waals surface area (Å²) in [5, 5.41) is 10.8. The van der Waals surface area contributed by atoms with Gasteiger partial charge < -0.3 is 10.0 Å². The maximum Gasteiger partial charge on any atom is 0.127 e. The minimum atomic E-state index is -0.540. The summed E-state index contributed by atoms with van der Waals surface area (Å²) in [5.41, 5.74) is 0.368. The van der Waals surface area contributed by atoms with Crippen LogP contribution in [0.4, 0.5) is 4.39 Å². The van der Waals surface area contributed by atoms with Crippen molar-refractivity contribution >= 4 is 15.9 Å². The van der Waals surface area contributed by atoms with Crippen LogP contribution in [-0.4, -0.2) is 35.7 Å². The van der Waals surface area contributed by atoms with Crippen molar-refractivity contribution in [2.45, 2.75) is 56.6 Å². The number of aliphatic hydroxyl groups is 1. The molecule has 1 aliphatic rings. The summed E-state index contributed by atoms with van der Waals surface area (Å²) in [6.07, 6.45) is 6.54. The highest BCUT2D eigenvalue weighted by atomic mass is 79.9. The molecule has 0 spiro atoms. The quantitative estimate of drug-likeness (QED) is 0.818. The van der Waals surface area contributed by atoms with Crippen LogP contribution in [0.5, 0.6) is 0 Å². The first-order chi connectivity index (χ1) is 9.95. The van der Waals surface area contributed by atoms with Crippen LogP contribution in [0, 0.1) is 5.82 Å². The first kappa shape index (κ1) is 16.9. The normalized spacial score (nSPS) is 20.3. The number of rotatable bonds is 4. The molecule has 1 saturated carbocycles. The Labute approximate surface area is 135 Å². The zero-order valence-corrected chi connectivity index (χ0v) is 14.5. The molecule has 118 valence electrons. The van der Waals surface area contributed by atoms with E-state index in [0.29, 0.717) is 12.0 Å². The van der Waals surface area contributed by atoms with E-state index in [0.717, 1.165) is 30.2 Å². The number of aliphatic hydroxyl groups excluding tert-OH is 1. The maximum absolute atomic E-state index is 14.0. The first-order valence-electron chi connectivity index (χ1n) is 7.75. The van der Waals surface area contributed by atoms with Gasteiger partial charge in [0.1, 0.15) is 5.82 Å². The van der Waals surface area contributed by atoms with E-state index >= 15 is 0 Å². The fourth-order valence-electron chi connectivity index (χ4n) is 3.50. The molecule has 1 atom stereocenters. The number of benzene rings is 1. The number of halogens is 2. The Balaban J connectivity index is 2.20. The van der Waals surface area contributed by atoms with Crippen molar-refractivity contribution in [2.75, 3.05) is 14.1 Å². The van der Waals surface area contributed by atoms with Crippen molar-refractivity contribution in [3.05, 3.63) is 34.1 Å². The zero-order chi connectivity index (χ0) is 15.5. The molecule has 1 aliphatic carbocycles. The largest absolute Gasteiger partial charge is 0.391 e. The topological polar surface area (TPSA) is 23.5 Å². The van der Waals surface area contributed by atoms with Crippen LogP contribution in [0.15, 0.2) is 22.7 Å². The van der Waals surface area contributed by atoms with Crippen molar-refractivity contribution in [1.82, 2.24) is 4.90 Å². The predicted molar refractivity (Wildman–Crippen MR) is 87.9 cm³/mol. The average Bonchev–Trinajstić information content (AvgIpc) is 2.68. The van der Waals surface area contributed by atoms with Crippen molar-refractivity contribution in [1.29, 1.82) is 0 Å². The fraction of sp³-hybridized carbons (Fsp3) is 0.647. The van der Waals surface area contributed by atoms with Gasteiger partial charge in [0.2, 0.25) is 0 Å². The van der Waals surface area contributed by atoms with Crippen molar-refractivity contribution in [3.8, 4) is 0 Å². The summed E-state index contributed by atoms with van der Waals surface area (Å²) in [6, 6.07) is 5.07. The lowest BCUT2D eigenvalue weighted by molar-refractivity contribution is -0.0178. The summed E-state index contributed by atoms with van der Waals surface area (Å²) in [4.78, 5) is 2.15. The minimum Gasteiger partial charge on any atom is -0.391 e. The molecule has 0 heterocycles. The second-order valence-electron chi connectivity index (χ2n) is 6.37. The number of hydrogen-bond acceptors (Lipinski definition) is 2. The van der Waals surface area contributed by atoms with Crippen LogP contribution in [-0.2, 0) is 6.42 Å². The third-order valence-electron chi connectivity index (χ3n) is 4.91. The SMILES string of the molecule is CN(C)C1(C(O)Cc2ccc(Br)cc2F)CCCCCC1. The van der Waals surface area contributed by atoms with Gasteiger partial charge in [-0.05, 0) is 44.6 Å². The van der Waals surface area contributed by atoms with E-state index in [4.69, 9.17) is 0 Å². The number of nitrogens with zero attached hydrogens (tertiary/aromatic N) is 1. The molecule has 0 saturated heterocycles. The molecule has 0 amide bonds. The van der Waals surface area contributed by atoms with E-state index in [2.05, 4.69) is 20.8 Å². The van der Waals surface area contributed by atoms with Crippen LogP contribution >= 0.6 is 15.9 Å². The monoisotopic (exact) mass is 357 g/mol. The summed E-state index contributed by atoms with van der Waals surface area (Å²) in [7, 11) is 4.07. The highest BCUT2D eigenvalue weighted by Gasteiger charge is 2.40. The van der Waals surface area contributed by atoms with Crippen molar-refractivity contribution in [3.63, 3.8) is 0 Å². The van der Waals surface area contributed by atoms with Gasteiger partial charge in [-0.25, -0.2) is 4.39 Å². The van der Waals surface area contributed by atoms with Gasteiger partial charge >= 0.3 is 0 Å². The molecule has 1 aromatic rings. The van der Waals surface area contributed by atoms with Gasteiger partial charge in [0, 0.05) is 16.4 Å². The van der Waals surface area contributed by atoms with Crippen LogP contribution in [0.25, 0.3) is 0 Å². The second kappa shape index (κ2) is 7.21. The molecule has 1 fully saturated rings. The lowest BCUT2D eigenvalue weighted by Gasteiger charge is -2.43. The summed E-state index contributed by atoms with van der Waals surface area (Å²) in [5.74, 6) is -0.244. The third kappa shape index (κ3) is 3.85. The molecule has 0 radical (unpaired) electrons. The van der Waals surface area contributed by atoms with Gasteiger partial charge in [0.25, 0.3) is 0 Å². The molecule has 21 heavy (non-hydrogen) atoms. The van der Waals surface area contributed by atoms with Gasteiger partial charge in [-0.15, -0.1) is 0 Å². The Morgan fingerprint density at radius 3 is 2.38 bits per heavy atom. The van der Waals surface area contributed by atoms with E-state index in [1.807, 2.05) is 20.2 Å². The molecule has 4 heteroatoms. The molecule has 1 unspecified atom stereocenters. The maximum atomic E-state index is 14.0. The molecule has 0 bridgehead atoms. The van der Waals surface area contributed by atoms with Gasteiger partial charge in [-0.1, -0.05) is 47.7 Å². The Bertz CT molecular complexity index is 470. The first-order valence-corrected chi connectivity index (χ1v) is 8.54. The molecular weight excluding hydrogens is 333 g/mol. The summed E-state index contributed by atoms with van der Waals surface area (Å²) < 4.78 is 14.8. The third-order valence-corrected chi connectivity index (χ3v) is 5.40. The molecule has 1 N–H and O–H groups in total. The van der Waals surface area contributed by atoms with Crippen molar-refractivity contribution in [2.24, 2.45) is 0 Å². The Kier molecular flexibility index (Phi) is 5.81. The van der Waals surface area contributed by atoms with Crippen molar-refractivity contribution < 1.29 is 9.50 Å². The molecule has 1 aromatic carbocycles. The van der Waals surface area contributed by atoms with Gasteiger partial charge in [0.05, 0.1) is 6.10 Å². The highest BCUT2D eigenvalue weighted by Crippen LogP contribution is 2.35. The molecule has 0 aliphatic heterocycles. The zero-order valence-electron chi connectivity index (χ0n) is 12.9. The number of hydrogen-bond donors (Lipinski definition) is 1. The molecule has 2 nitrogen and oxygen atoms in total. The Morgan fingerprint density at radius 1 is 1.24 bits per heavy atom. The number of likely N-dealkylation sites (N-methyl/N-ethyl adjacent to an activating group) is 1. The molecular formula is C17H25BrFNO. The summed E-state index contributed by atoms with van der Waals surface area (Å²) in [6.45, 7) is 0. The van der Waals surface area contributed by atoms with E-state index in [9.17, 15) is 9.50 Å². The molecule has 0 aromatic heterocycles. The lowest BCUT2D eigenvalue weighted by atomic mass is 9.80. The standard InChI is InChI=1S/C17H25BrFNO/c1-20(2)17(9-5-3-4-6-10-17)16(21)11-13-7-8-14(18)12-15(13)19/h7-8,12,16,21H,3-6,9-11H2,1-2H3. The van der Waals surface area contributed by atoms with E-state index in [1.54, 1.807) is 6.07 Å². The van der Waals surface area contributed by atoms with E-state index in [-0.39, 0.29) is 11.4 Å². The van der Waals surface area contributed by atoms with Crippen LogP contribution < -0.4 is 0 Å². The van der Waals surface area contributed by atoms with Crippen LogP contribution in [0.2, 0.25) is 0 Å². The van der Waals surface area contributed by atoms with Gasteiger partial charge in [0.15, 0.2) is 0 Å². The Morgan fingerprint density at radius 2 is 1.86 bits per heavy atom. The predicted octanol–water partition coefficient (Wildman–Crippen LogP) is 4.15.